The molecule has 0 fully saturated rings. The highest BCUT2D eigenvalue weighted by atomic mass is 35.5. The Hall–Kier alpha value is -0.760. The summed E-state index contributed by atoms with van der Waals surface area (Å²) in [6.07, 6.45) is 4.08. The average Bonchev–Trinajstić information content (AvgIpc) is 2.48. The molecule has 0 saturated carbocycles. The summed E-state index contributed by atoms with van der Waals surface area (Å²) < 4.78 is 0. The van der Waals surface area contributed by atoms with Crippen LogP contribution in [0, 0.1) is 0 Å². The Kier molecular flexibility index (Phi) is 5.09. The van der Waals surface area contributed by atoms with E-state index in [-0.39, 0.29) is 5.41 Å². The fraction of sp³-hybridized carbons (Fsp3) is 0.267. The van der Waals surface area contributed by atoms with Gasteiger partial charge in [0.25, 0.3) is 0 Å². The Labute approximate surface area is 128 Å². The minimum atomic E-state index is -0.310. The Bertz CT molecular complexity index is 524. The number of aromatic nitrogens is 1. The van der Waals surface area contributed by atoms with Gasteiger partial charge in [0.15, 0.2) is 0 Å². The normalized spacial score (nSPS) is 11.5. The molecule has 0 amide bonds. The van der Waals surface area contributed by atoms with Gasteiger partial charge < -0.3 is 0 Å². The maximum atomic E-state index is 6.22. The Morgan fingerprint density at radius 1 is 1.00 bits per heavy atom. The van der Waals surface area contributed by atoms with E-state index in [0.717, 1.165) is 11.1 Å². The fourth-order valence-corrected chi connectivity index (χ4v) is 3.06. The molecule has 0 saturated heterocycles. The topological polar surface area (TPSA) is 12.9 Å². The zero-order valence-corrected chi connectivity index (χ0v) is 12.6. The van der Waals surface area contributed by atoms with Crippen molar-refractivity contribution < 1.29 is 0 Å². The van der Waals surface area contributed by atoms with Crippen LogP contribution in [0.5, 0.6) is 0 Å². The van der Waals surface area contributed by atoms with Gasteiger partial charge in [0, 0.05) is 29.6 Å². The molecular weight excluding hydrogens is 301 g/mol. The van der Waals surface area contributed by atoms with Crippen molar-refractivity contribution in [3.63, 3.8) is 0 Å². The van der Waals surface area contributed by atoms with Gasteiger partial charge in [-0.2, -0.15) is 0 Å². The lowest BCUT2D eigenvalue weighted by Gasteiger charge is -2.30. The molecule has 0 unspecified atom stereocenters. The van der Waals surface area contributed by atoms with E-state index >= 15 is 0 Å². The molecule has 1 aromatic carbocycles. The van der Waals surface area contributed by atoms with Gasteiger partial charge in [0.2, 0.25) is 0 Å². The molecule has 0 aliphatic rings. The second kappa shape index (κ2) is 6.60. The van der Waals surface area contributed by atoms with E-state index in [4.69, 9.17) is 34.8 Å². The molecule has 0 radical (unpaired) electrons. The van der Waals surface area contributed by atoms with Gasteiger partial charge in [0.1, 0.15) is 0 Å². The lowest BCUT2D eigenvalue weighted by atomic mass is 9.79. The molecule has 0 bridgehead atoms. The number of hydrogen-bond acceptors (Lipinski definition) is 1. The minimum Gasteiger partial charge on any atom is -0.263 e. The van der Waals surface area contributed by atoms with Crippen molar-refractivity contribution in [2.45, 2.75) is 11.8 Å². The van der Waals surface area contributed by atoms with E-state index in [2.05, 4.69) is 17.1 Å². The monoisotopic (exact) mass is 313 g/mol. The molecule has 1 heterocycles. The number of halogens is 3. The SMILES string of the molecule is ClCC(CCl)(Cc1ccncc1Cl)c1ccccc1. The number of hydrogen-bond donors (Lipinski definition) is 0. The van der Waals surface area contributed by atoms with Gasteiger partial charge in [0.05, 0.1) is 5.02 Å². The molecule has 19 heavy (non-hydrogen) atoms. The summed E-state index contributed by atoms with van der Waals surface area (Å²) in [5.41, 5.74) is 1.84. The third-order valence-corrected chi connectivity index (χ3v) is 4.65. The van der Waals surface area contributed by atoms with Crippen LogP contribution in [0.25, 0.3) is 0 Å². The lowest BCUT2D eigenvalue weighted by Crippen LogP contribution is -2.33. The molecule has 0 atom stereocenters. The van der Waals surface area contributed by atoms with E-state index in [1.807, 2.05) is 24.3 Å². The van der Waals surface area contributed by atoms with Crippen LogP contribution in [0.4, 0.5) is 0 Å². The first-order valence-corrected chi connectivity index (χ1v) is 7.42. The summed E-state index contributed by atoms with van der Waals surface area (Å²) in [7, 11) is 0. The molecule has 0 N–H and O–H groups in total. The quantitative estimate of drug-likeness (QED) is 0.729. The van der Waals surface area contributed by atoms with Gasteiger partial charge >= 0.3 is 0 Å². The van der Waals surface area contributed by atoms with E-state index < -0.39 is 0 Å². The molecule has 0 aliphatic carbocycles. The summed E-state index contributed by atoms with van der Waals surface area (Å²) in [5, 5.41) is 0.651. The largest absolute Gasteiger partial charge is 0.263 e. The van der Waals surface area contributed by atoms with Gasteiger partial charge in [-0.3, -0.25) is 4.98 Å². The lowest BCUT2D eigenvalue weighted by molar-refractivity contribution is 0.536. The highest BCUT2D eigenvalue weighted by molar-refractivity contribution is 6.31. The van der Waals surface area contributed by atoms with Crippen molar-refractivity contribution in [2.75, 3.05) is 11.8 Å². The van der Waals surface area contributed by atoms with E-state index in [1.165, 1.54) is 0 Å². The van der Waals surface area contributed by atoms with Crippen molar-refractivity contribution in [3.8, 4) is 0 Å². The van der Waals surface area contributed by atoms with Gasteiger partial charge in [-0.05, 0) is 23.6 Å². The third-order valence-electron chi connectivity index (χ3n) is 3.28. The van der Waals surface area contributed by atoms with Crippen LogP contribution in [0.15, 0.2) is 48.8 Å². The maximum Gasteiger partial charge on any atom is 0.0621 e. The van der Waals surface area contributed by atoms with Crippen LogP contribution in [0.3, 0.4) is 0 Å². The zero-order valence-electron chi connectivity index (χ0n) is 10.3. The molecule has 2 rings (SSSR count). The highest BCUT2D eigenvalue weighted by Crippen LogP contribution is 2.33. The van der Waals surface area contributed by atoms with Crippen molar-refractivity contribution >= 4 is 34.8 Å². The van der Waals surface area contributed by atoms with Crippen LogP contribution in [0.2, 0.25) is 5.02 Å². The molecule has 0 spiro atoms. The first-order chi connectivity index (χ1) is 9.22. The smallest absolute Gasteiger partial charge is 0.0621 e. The summed E-state index contributed by atoms with van der Waals surface area (Å²) in [5.74, 6) is 0.887. The van der Waals surface area contributed by atoms with E-state index in [9.17, 15) is 0 Å². The number of pyridine rings is 1. The van der Waals surface area contributed by atoms with Crippen LogP contribution >= 0.6 is 34.8 Å². The summed E-state index contributed by atoms with van der Waals surface area (Å²) in [6, 6.07) is 12.0. The molecule has 4 heteroatoms. The zero-order chi connectivity index (χ0) is 13.7. The third kappa shape index (κ3) is 3.22. The molecule has 1 aromatic heterocycles. The Morgan fingerprint density at radius 2 is 1.68 bits per heavy atom. The molecule has 2 aromatic rings. The number of nitrogens with zero attached hydrogens (tertiary/aromatic N) is 1. The number of benzene rings is 1. The molecule has 1 nitrogen and oxygen atoms in total. The van der Waals surface area contributed by atoms with Crippen molar-refractivity contribution in [2.24, 2.45) is 0 Å². The second-order valence-corrected chi connectivity index (χ2v) is 5.50. The summed E-state index contributed by atoms with van der Waals surface area (Å²) >= 11 is 18.6. The number of rotatable bonds is 5. The van der Waals surface area contributed by atoms with Crippen LogP contribution < -0.4 is 0 Å². The van der Waals surface area contributed by atoms with Crippen molar-refractivity contribution in [3.05, 3.63) is 64.9 Å². The molecule has 0 aliphatic heterocycles. The van der Waals surface area contributed by atoms with Crippen LogP contribution in [-0.4, -0.2) is 16.7 Å². The standard InChI is InChI=1S/C15H14Cl3N/c16-10-15(11-17,13-4-2-1-3-5-13)8-12-6-7-19-9-14(12)18/h1-7,9H,8,10-11H2. The van der Waals surface area contributed by atoms with Crippen LogP contribution in [0.1, 0.15) is 11.1 Å². The predicted octanol–water partition coefficient (Wildman–Crippen LogP) is 4.69. The van der Waals surface area contributed by atoms with Crippen LogP contribution in [-0.2, 0) is 11.8 Å². The first kappa shape index (κ1) is 14.6. The molecule has 100 valence electrons. The first-order valence-electron chi connectivity index (χ1n) is 5.98. The molecular formula is C15H14Cl3N. The summed E-state index contributed by atoms with van der Waals surface area (Å²) in [6.45, 7) is 0. The van der Waals surface area contributed by atoms with E-state index in [1.54, 1.807) is 12.4 Å². The minimum absolute atomic E-state index is 0.310. The van der Waals surface area contributed by atoms with Crippen molar-refractivity contribution in [1.29, 1.82) is 0 Å². The maximum absolute atomic E-state index is 6.22. The van der Waals surface area contributed by atoms with Gasteiger partial charge in [-0.15, -0.1) is 23.2 Å². The Balaban J connectivity index is 2.38. The van der Waals surface area contributed by atoms with E-state index in [0.29, 0.717) is 23.2 Å². The highest BCUT2D eigenvalue weighted by Gasteiger charge is 2.31. The van der Waals surface area contributed by atoms with Crippen molar-refractivity contribution in [1.82, 2.24) is 4.98 Å². The van der Waals surface area contributed by atoms with Gasteiger partial charge in [-0.25, -0.2) is 0 Å². The summed E-state index contributed by atoms with van der Waals surface area (Å²) in [4.78, 5) is 4.00. The van der Waals surface area contributed by atoms with Gasteiger partial charge in [-0.1, -0.05) is 41.9 Å². The fourth-order valence-electron chi connectivity index (χ4n) is 2.09. The Morgan fingerprint density at radius 3 is 2.26 bits per heavy atom. The number of alkyl halides is 2. The predicted molar refractivity (Wildman–Crippen MR) is 82.5 cm³/mol. The second-order valence-electron chi connectivity index (χ2n) is 4.56. The average molecular weight is 315 g/mol.